The average Bonchev–Trinajstić information content (AvgIpc) is 3.37. The number of aromatic nitrogens is 4. The molecule has 2 aromatic heterocycles. The molecule has 1 saturated carbocycles. The molecule has 1 aliphatic carbocycles. The first-order valence-electron chi connectivity index (χ1n) is 8.72. The molecule has 140 valence electrons. The first kappa shape index (κ1) is 17.7. The normalized spacial score (nSPS) is 15.1. The molecule has 1 aromatic carbocycles. The van der Waals surface area contributed by atoms with Crippen LogP contribution in [0.5, 0.6) is 0 Å². The number of rotatable bonds is 6. The molecule has 27 heavy (non-hydrogen) atoms. The molecule has 0 saturated heterocycles. The Kier molecular flexibility index (Phi) is 5.14. The van der Waals surface area contributed by atoms with Crippen LogP contribution in [-0.4, -0.2) is 25.3 Å². The minimum Gasteiger partial charge on any atom is -0.420 e. The van der Waals surface area contributed by atoms with Gasteiger partial charge in [0.15, 0.2) is 0 Å². The summed E-state index contributed by atoms with van der Waals surface area (Å²) in [6.45, 7) is 0. The van der Waals surface area contributed by atoms with Crippen LogP contribution in [0.4, 0.5) is 5.69 Å². The zero-order valence-electron chi connectivity index (χ0n) is 14.4. The predicted octanol–water partition coefficient (Wildman–Crippen LogP) is 4.37. The van der Waals surface area contributed by atoms with Crippen molar-refractivity contribution in [2.75, 3.05) is 0 Å². The average molecular weight is 387 g/mol. The Hall–Kier alpha value is -2.75. The SMILES string of the molecule is O=[N+]([O-])c1ccc(-c2nnc(CSc3nnc(C4CCCCC4)o3)o2)cc1. The van der Waals surface area contributed by atoms with Gasteiger partial charge < -0.3 is 8.83 Å². The number of nitro benzene ring substituents is 1. The van der Waals surface area contributed by atoms with Gasteiger partial charge in [-0.15, -0.1) is 20.4 Å². The van der Waals surface area contributed by atoms with E-state index >= 15 is 0 Å². The van der Waals surface area contributed by atoms with E-state index in [2.05, 4.69) is 20.4 Å². The van der Waals surface area contributed by atoms with E-state index < -0.39 is 4.92 Å². The Labute approximate surface area is 158 Å². The van der Waals surface area contributed by atoms with E-state index in [9.17, 15) is 10.1 Å². The van der Waals surface area contributed by atoms with Crippen molar-refractivity contribution >= 4 is 17.4 Å². The Morgan fingerprint density at radius 1 is 1.04 bits per heavy atom. The second-order valence-electron chi connectivity index (χ2n) is 6.33. The summed E-state index contributed by atoms with van der Waals surface area (Å²) >= 11 is 1.35. The minimum absolute atomic E-state index is 0.0132. The molecule has 2 heterocycles. The molecule has 0 bridgehead atoms. The van der Waals surface area contributed by atoms with Crippen molar-refractivity contribution in [3.05, 3.63) is 46.2 Å². The van der Waals surface area contributed by atoms with E-state index in [1.165, 1.54) is 43.2 Å². The predicted molar refractivity (Wildman–Crippen MR) is 96.1 cm³/mol. The second-order valence-corrected chi connectivity index (χ2v) is 7.26. The molecule has 3 aromatic rings. The van der Waals surface area contributed by atoms with Gasteiger partial charge in [0.1, 0.15) is 0 Å². The Bertz CT molecular complexity index is 918. The highest BCUT2D eigenvalue weighted by molar-refractivity contribution is 7.98. The molecule has 1 fully saturated rings. The fourth-order valence-electron chi connectivity index (χ4n) is 3.07. The molecule has 9 nitrogen and oxygen atoms in total. The number of hydrogen-bond donors (Lipinski definition) is 0. The van der Waals surface area contributed by atoms with Crippen LogP contribution in [0.3, 0.4) is 0 Å². The molecule has 0 spiro atoms. The van der Waals surface area contributed by atoms with E-state index in [-0.39, 0.29) is 5.69 Å². The topological polar surface area (TPSA) is 121 Å². The minimum atomic E-state index is -0.453. The van der Waals surface area contributed by atoms with Gasteiger partial charge in [-0.25, -0.2) is 0 Å². The summed E-state index contributed by atoms with van der Waals surface area (Å²) in [5, 5.41) is 27.4. The lowest BCUT2D eigenvalue weighted by molar-refractivity contribution is -0.384. The van der Waals surface area contributed by atoms with E-state index in [0.717, 1.165) is 12.8 Å². The van der Waals surface area contributed by atoms with E-state index in [4.69, 9.17) is 8.83 Å². The van der Waals surface area contributed by atoms with Crippen molar-refractivity contribution in [3.8, 4) is 11.5 Å². The summed E-state index contributed by atoms with van der Waals surface area (Å²) in [6.07, 6.45) is 5.91. The highest BCUT2D eigenvalue weighted by atomic mass is 32.2. The van der Waals surface area contributed by atoms with E-state index in [1.807, 2.05) is 0 Å². The van der Waals surface area contributed by atoms with Gasteiger partial charge in [-0.2, -0.15) is 0 Å². The number of hydrogen-bond acceptors (Lipinski definition) is 9. The van der Waals surface area contributed by atoms with Crippen LogP contribution in [0.15, 0.2) is 38.3 Å². The Balaban J connectivity index is 1.37. The molecule has 0 aliphatic heterocycles. The van der Waals surface area contributed by atoms with Gasteiger partial charge in [-0.3, -0.25) is 10.1 Å². The number of thioether (sulfide) groups is 1. The summed E-state index contributed by atoms with van der Waals surface area (Å²) in [5.74, 6) is 2.23. The zero-order valence-corrected chi connectivity index (χ0v) is 15.2. The third-order valence-electron chi connectivity index (χ3n) is 4.49. The number of non-ortho nitro benzene ring substituents is 1. The lowest BCUT2D eigenvalue weighted by Gasteiger charge is -2.17. The maximum Gasteiger partial charge on any atom is 0.277 e. The van der Waals surface area contributed by atoms with Gasteiger partial charge in [0.25, 0.3) is 10.9 Å². The monoisotopic (exact) mass is 387 g/mol. The van der Waals surface area contributed by atoms with Crippen LogP contribution < -0.4 is 0 Å². The molecular formula is C17H17N5O4S. The van der Waals surface area contributed by atoms with Gasteiger partial charge >= 0.3 is 0 Å². The highest BCUT2D eigenvalue weighted by Gasteiger charge is 2.21. The van der Waals surface area contributed by atoms with Crippen molar-refractivity contribution in [2.45, 2.75) is 49.0 Å². The summed E-state index contributed by atoms with van der Waals surface area (Å²) in [4.78, 5) is 10.3. The number of nitro groups is 1. The van der Waals surface area contributed by atoms with Crippen LogP contribution in [0, 0.1) is 10.1 Å². The summed E-state index contributed by atoms with van der Waals surface area (Å²) in [7, 11) is 0. The van der Waals surface area contributed by atoms with Crippen molar-refractivity contribution < 1.29 is 13.8 Å². The van der Waals surface area contributed by atoms with Crippen LogP contribution in [0.1, 0.15) is 49.8 Å². The largest absolute Gasteiger partial charge is 0.420 e. The maximum atomic E-state index is 10.7. The third kappa shape index (κ3) is 4.16. The fourth-order valence-corrected chi connectivity index (χ4v) is 3.68. The van der Waals surface area contributed by atoms with Crippen LogP contribution in [-0.2, 0) is 5.75 Å². The van der Waals surface area contributed by atoms with Crippen LogP contribution >= 0.6 is 11.8 Å². The van der Waals surface area contributed by atoms with Gasteiger partial charge in [0, 0.05) is 23.6 Å². The molecule has 0 amide bonds. The van der Waals surface area contributed by atoms with Gasteiger partial charge in [0.05, 0.1) is 10.7 Å². The van der Waals surface area contributed by atoms with Gasteiger partial charge in [-0.1, -0.05) is 31.0 Å². The smallest absolute Gasteiger partial charge is 0.277 e. The Morgan fingerprint density at radius 2 is 1.81 bits per heavy atom. The molecule has 0 radical (unpaired) electrons. The molecule has 0 atom stereocenters. The van der Waals surface area contributed by atoms with Crippen molar-refractivity contribution in [1.29, 1.82) is 0 Å². The van der Waals surface area contributed by atoms with Gasteiger partial charge in [0.2, 0.25) is 17.7 Å². The fraction of sp³-hybridized carbons (Fsp3) is 0.412. The van der Waals surface area contributed by atoms with Crippen molar-refractivity contribution in [2.24, 2.45) is 0 Å². The molecule has 4 rings (SSSR count). The molecule has 0 N–H and O–H groups in total. The quantitative estimate of drug-likeness (QED) is 0.345. The number of nitrogens with zero attached hydrogens (tertiary/aromatic N) is 5. The summed E-state index contributed by atoms with van der Waals surface area (Å²) in [6, 6.07) is 5.96. The third-order valence-corrected chi connectivity index (χ3v) is 5.29. The van der Waals surface area contributed by atoms with E-state index in [0.29, 0.717) is 40.1 Å². The molecule has 1 aliphatic rings. The lowest BCUT2D eigenvalue weighted by Crippen LogP contribution is -2.04. The van der Waals surface area contributed by atoms with E-state index in [1.54, 1.807) is 12.1 Å². The molecule has 0 unspecified atom stereocenters. The molecular weight excluding hydrogens is 370 g/mol. The lowest BCUT2D eigenvalue weighted by atomic mass is 9.89. The number of benzene rings is 1. The highest BCUT2D eigenvalue weighted by Crippen LogP contribution is 2.33. The standard InChI is InChI=1S/C17H17N5O4S/c23-22(24)13-8-6-12(7-9-13)15-19-18-14(25-15)10-27-17-21-20-16(26-17)11-4-2-1-3-5-11/h6-9,11H,1-5,10H2. The summed E-state index contributed by atoms with van der Waals surface area (Å²) in [5.41, 5.74) is 0.640. The van der Waals surface area contributed by atoms with Crippen LogP contribution in [0.25, 0.3) is 11.5 Å². The molecule has 10 heteroatoms. The zero-order chi connectivity index (χ0) is 18.6. The van der Waals surface area contributed by atoms with Crippen molar-refractivity contribution in [3.63, 3.8) is 0 Å². The maximum absolute atomic E-state index is 10.7. The van der Waals surface area contributed by atoms with Crippen LogP contribution in [0.2, 0.25) is 0 Å². The Morgan fingerprint density at radius 3 is 2.56 bits per heavy atom. The van der Waals surface area contributed by atoms with Gasteiger partial charge in [-0.05, 0) is 25.0 Å². The second kappa shape index (κ2) is 7.87. The summed E-state index contributed by atoms with van der Waals surface area (Å²) < 4.78 is 11.4. The first-order valence-corrected chi connectivity index (χ1v) is 9.71. The van der Waals surface area contributed by atoms with Crippen molar-refractivity contribution in [1.82, 2.24) is 20.4 Å². The first-order chi connectivity index (χ1) is 13.2.